The summed E-state index contributed by atoms with van der Waals surface area (Å²) in [6.07, 6.45) is -1.18. The molecule has 0 aliphatic heterocycles. The van der Waals surface area contributed by atoms with Gasteiger partial charge in [-0.3, -0.25) is 0 Å². The molecule has 2 aromatic carbocycles. The molecule has 2 amide bonds. The Bertz CT molecular complexity index is 708. The van der Waals surface area contributed by atoms with Crippen molar-refractivity contribution in [2.24, 2.45) is 0 Å². The number of urea groups is 1. The molecule has 0 spiro atoms. The summed E-state index contributed by atoms with van der Waals surface area (Å²) in [6, 6.07) is 6.92. The predicted molar refractivity (Wildman–Crippen MR) is 84.8 cm³/mol. The lowest BCUT2D eigenvalue weighted by atomic mass is 10.1. The van der Waals surface area contributed by atoms with Crippen LogP contribution in [0.25, 0.3) is 0 Å². The number of nitrogens with one attached hydrogen (secondary N) is 2. The molecule has 0 aliphatic carbocycles. The molecule has 0 fully saturated rings. The number of amides is 2. The highest BCUT2D eigenvalue weighted by molar-refractivity contribution is 6.35. The number of hydrogen-bond acceptors (Lipinski definition) is 2. The van der Waals surface area contributed by atoms with E-state index < -0.39 is 23.8 Å². The van der Waals surface area contributed by atoms with E-state index in [1.54, 1.807) is 0 Å². The first kappa shape index (κ1) is 17.5. The lowest BCUT2D eigenvalue weighted by Gasteiger charge is -2.13. The Kier molecular flexibility index (Phi) is 5.76. The maximum Gasteiger partial charge on any atom is 0.319 e. The zero-order valence-electron chi connectivity index (χ0n) is 11.6. The van der Waals surface area contributed by atoms with Crippen LogP contribution in [0.4, 0.5) is 19.3 Å². The van der Waals surface area contributed by atoms with Crippen molar-refractivity contribution in [1.29, 1.82) is 0 Å². The molecule has 0 saturated carbocycles. The second kappa shape index (κ2) is 7.59. The molecule has 3 N–H and O–H groups in total. The van der Waals surface area contributed by atoms with Gasteiger partial charge in [0.15, 0.2) is 11.6 Å². The van der Waals surface area contributed by atoms with Gasteiger partial charge in [-0.15, -0.1) is 0 Å². The maximum absolute atomic E-state index is 13.1. The van der Waals surface area contributed by atoms with Crippen molar-refractivity contribution in [3.05, 3.63) is 63.6 Å². The smallest absolute Gasteiger partial charge is 0.319 e. The van der Waals surface area contributed by atoms with E-state index in [1.165, 1.54) is 24.3 Å². The van der Waals surface area contributed by atoms with Crippen molar-refractivity contribution in [2.75, 3.05) is 11.9 Å². The fourth-order valence-electron chi connectivity index (χ4n) is 1.83. The van der Waals surface area contributed by atoms with Gasteiger partial charge in [0.25, 0.3) is 0 Å². The highest BCUT2D eigenvalue weighted by atomic mass is 35.5. The van der Waals surface area contributed by atoms with Crippen LogP contribution in [0, 0.1) is 11.6 Å². The summed E-state index contributed by atoms with van der Waals surface area (Å²) in [4.78, 5) is 11.7. The third kappa shape index (κ3) is 5.06. The van der Waals surface area contributed by atoms with Gasteiger partial charge in [-0.1, -0.05) is 29.3 Å². The molecule has 4 nitrogen and oxygen atoms in total. The number of carbonyl (C=O) groups is 1. The average Bonchev–Trinajstić information content (AvgIpc) is 2.46. The van der Waals surface area contributed by atoms with E-state index >= 15 is 0 Å². The topological polar surface area (TPSA) is 61.4 Å². The number of rotatable bonds is 4. The molecule has 2 aromatic rings. The molecule has 8 heteroatoms. The minimum absolute atomic E-state index is 0.148. The number of benzene rings is 2. The van der Waals surface area contributed by atoms with Crippen LogP contribution in [0.15, 0.2) is 36.4 Å². The van der Waals surface area contributed by atoms with Crippen LogP contribution in [0.2, 0.25) is 10.0 Å². The van der Waals surface area contributed by atoms with Gasteiger partial charge in [-0.05, 0) is 35.9 Å². The summed E-state index contributed by atoms with van der Waals surface area (Å²) in [6.45, 7) is -0.189. The van der Waals surface area contributed by atoms with Gasteiger partial charge in [0, 0.05) is 22.3 Å². The summed E-state index contributed by atoms with van der Waals surface area (Å²) < 4.78 is 25.9. The van der Waals surface area contributed by atoms with Gasteiger partial charge in [0.2, 0.25) is 0 Å². The zero-order valence-corrected chi connectivity index (χ0v) is 13.1. The van der Waals surface area contributed by atoms with Crippen LogP contribution in [-0.4, -0.2) is 17.7 Å². The third-order valence-corrected chi connectivity index (χ3v) is 3.34. The van der Waals surface area contributed by atoms with Gasteiger partial charge in [0.05, 0.1) is 6.10 Å². The number of hydrogen-bond donors (Lipinski definition) is 3. The first-order valence-electron chi connectivity index (χ1n) is 6.49. The Morgan fingerprint density at radius 1 is 1.09 bits per heavy atom. The summed E-state index contributed by atoms with van der Waals surface area (Å²) in [5, 5.41) is 15.5. The standard InChI is InChI=1S/C15H12Cl2F2N2O2/c16-9-4-10(17)6-11(5-9)21-15(23)20-7-14(22)8-1-2-12(18)13(19)3-8/h1-6,14,22H,7H2,(H2,20,21,23)/t14-/m0/s1. The van der Waals surface area contributed by atoms with E-state index in [1.807, 2.05) is 0 Å². The van der Waals surface area contributed by atoms with Crippen molar-refractivity contribution in [2.45, 2.75) is 6.10 Å². The Balaban J connectivity index is 1.91. The van der Waals surface area contributed by atoms with Crippen LogP contribution < -0.4 is 10.6 Å². The van der Waals surface area contributed by atoms with Crippen LogP contribution >= 0.6 is 23.2 Å². The molecule has 122 valence electrons. The molecule has 2 rings (SSSR count). The van der Waals surface area contributed by atoms with Gasteiger partial charge in [0.1, 0.15) is 0 Å². The molecule has 0 bridgehead atoms. The van der Waals surface area contributed by atoms with E-state index in [4.69, 9.17) is 23.2 Å². The fraction of sp³-hybridized carbons (Fsp3) is 0.133. The molecule has 0 aliphatic rings. The first-order chi connectivity index (χ1) is 10.8. The SMILES string of the molecule is O=C(NC[C@H](O)c1ccc(F)c(F)c1)Nc1cc(Cl)cc(Cl)c1. The van der Waals surface area contributed by atoms with Crippen molar-refractivity contribution < 1.29 is 18.7 Å². The van der Waals surface area contributed by atoms with Crippen molar-refractivity contribution >= 4 is 34.9 Å². The minimum atomic E-state index is -1.18. The molecular formula is C15H12Cl2F2N2O2. The number of anilines is 1. The van der Waals surface area contributed by atoms with Crippen LogP contribution in [0.1, 0.15) is 11.7 Å². The Hall–Kier alpha value is -1.89. The highest BCUT2D eigenvalue weighted by Gasteiger charge is 2.12. The number of aliphatic hydroxyl groups excluding tert-OH is 1. The minimum Gasteiger partial charge on any atom is -0.387 e. The van der Waals surface area contributed by atoms with Crippen molar-refractivity contribution in [3.8, 4) is 0 Å². The third-order valence-electron chi connectivity index (χ3n) is 2.90. The second-order valence-electron chi connectivity index (χ2n) is 4.68. The van der Waals surface area contributed by atoms with Crippen LogP contribution in [0.5, 0.6) is 0 Å². The maximum atomic E-state index is 13.1. The monoisotopic (exact) mass is 360 g/mol. The summed E-state index contributed by atoms with van der Waals surface area (Å²) in [5.74, 6) is -2.08. The first-order valence-corrected chi connectivity index (χ1v) is 7.24. The summed E-state index contributed by atoms with van der Waals surface area (Å²) >= 11 is 11.6. The molecule has 0 radical (unpaired) electrons. The number of aliphatic hydroxyl groups is 1. The van der Waals surface area contributed by atoms with E-state index in [0.717, 1.165) is 12.1 Å². The molecule has 23 heavy (non-hydrogen) atoms. The van der Waals surface area contributed by atoms with E-state index in [9.17, 15) is 18.7 Å². The Labute approximate surface area is 141 Å². The highest BCUT2D eigenvalue weighted by Crippen LogP contribution is 2.22. The lowest BCUT2D eigenvalue weighted by Crippen LogP contribution is -2.32. The van der Waals surface area contributed by atoms with Gasteiger partial charge >= 0.3 is 6.03 Å². The van der Waals surface area contributed by atoms with Gasteiger partial charge in [-0.2, -0.15) is 0 Å². The molecular weight excluding hydrogens is 349 g/mol. The molecule has 0 unspecified atom stereocenters. The Morgan fingerprint density at radius 2 is 1.74 bits per heavy atom. The molecule has 0 saturated heterocycles. The quantitative estimate of drug-likeness (QED) is 0.767. The predicted octanol–water partition coefficient (Wildman–Crippen LogP) is 4.13. The number of carbonyl (C=O) groups excluding carboxylic acids is 1. The van der Waals surface area contributed by atoms with E-state index in [2.05, 4.69) is 10.6 Å². The average molecular weight is 361 g/mol. The van der Waals surface area contributed by atoms with Gasteiger partial charge < -0.3 is 15.7 Å². The second-order valence-corrected chi connectivity index (χ2v) is 5.56. The van der Waals surface area contributed by atoms with E-state index in [-0.39, 0.29) is 12.1 Å². The molecule has 0 heterocycles. The zero-order chi connectivity index (χ0) is 17.0. The fourth-order valence-corrected chi connectivity index (χ4v) is 2.35. The largest absolute Gasteiger partial charge is 0.387 e. The lowest BCUT2D eigenvalue weighted by molar-refractivity contribution is 0.174. The molecule has 0 aromatic heterocycles. The summed E-state index contributed by atoms with van der Waals surface area (Å²) in [7, 11) is 0. The van der Waals surface area contributed by atoms with Crippen molar-refractivity contribution in [1.82, 2.24) is 5.32 Å². The number of halogens is 4. The Morgan fingerprint density at radius 3 is 2.35 bits per heavy atom. The van der Waals surface area contributed by atoms with Gasteiger partial charge in [-0.25, -0.2) is 13.6 Å². The van der Waals surface area contributed by atoms with Crippen LogP contribution in [0.3, 0.4) is 0 Å². The normalized spacial score (nSPS) is 11.9. The molecule has 1 atom stereocenters. The van der Waals surface area contributed by atoms with Crippen molar-refractivity contribution in [3.63, 3.8) is 0 Å². The van der Waals surface area contributed by atoms with E-state index in [0.29, 0.717) is 15.7 Å². The van der Waals surface area contributed by atoms with Crippen LogP contribution in [-0.2, 0) is 0 Å². The summed E-state index contributed by atoms with van der Waals surface area (Å²) in [5.41, 5.74) is 0.525.